The van der Waals surface area contributed by atoms with Crippen molar-refractivity contribution in [2.75, 3.05) is 20.1 Å². The normalized spacial score (nSPS) is 27.4. The van der Waals surface area contributed by atoms with Gasteiger partial charge in [0.25, 0.3) is 5.91 Å². The second-order valence-electron chi connectivity index (χ2n) is 6.92. The molecule has 0 atom stereocenters. The summed E-state index contributed by atoms with van der Waals surface area (Å²) in [5.74, 6) is 0.247. The topological polar surface area (TPSA) is 69.7 Å². The molecule has 2 fully saturated rings. The van der Waals surface area contributed by atoms with Crippen molar-refractivity contribution in [3.05, 3.63) is 0 Å². The third-order valence-corrected chi connectivity index (χ3v) is 5.35. The predicted molar refractivity (Wildman–Crippen MR) is 87.8 cm³/mol. The molecule has 0 aromatic heterocycles. The smallest absolute Gasteiger partial charge is 0.325 e. The highest BCUT2D eigenvalue weighted by Gasteiger charge is 2.52. The Morgan fingerprint density at radius 2 is 1.96 bits per heavy atom. The van der Waals surface area contributed by atoms with Gasteiger partial charge in [0.05, 0.1) is 0 Å². The standard InChI is InChI=1S/C17H29N3O3/c1-4-6-11-19(3)14(21)12-20-15(22)17(18-16(20)23)9-7-13(5-2)8-10-17/h13H,4-12H2,1-3H3,(H,18,23). The summed E-state index contributed by atoms with van der Waals surface area (Å²) in [7, 11) is 1.72. The molecule has 1 aliphatic carbocycles. The summed E-state index contributed by atoms with van der Waals surface area (Å²) in [5.41, 5.74) is -0.759. The molecule has 4 amide bonds. The van der Waals surface area contributed by atoms with Crippen molar-refractivity contribution in [3.63, 3.8) is 0 Å². The first-order valence-corrected chi connectivity index (χ1v) is 8.81. The molecule has 0 unspecified atom stereocenters. The zero-order valence-electron chi connectivity index (χ0n) is 14.6. The molecule has 0 aromatic rings. The largest absolute Gasteiger partial charge is 0.344 e. The molecule has 1 aliphatic heterocycles. The van der Waals surface area contributed by atoms with Crippen LogP contribution in [0.15, 0.2) is 0 Å². The maximum Gasteiger partial charge on any atom is 0.325 e. The van der Waals surface area contributed by atoms with Crippen molar-refractivity contribution in [1.29, 1.82) is 0 Å². The molecule has 0 bridgehead atoms. The van der Waals surface area contributed by atoms with E-state index >= 15 is 0 Å². The van der Waals surface area contributed by atoms with Crippen LogP contribution in [-0.4, -0.2) is 53.3 Å². The lowest BCUT2D eigenvalue weighted by molar-refractivity contribution is -0.139. The Labute approximate surface area is 138 Å². The molecule has 0 radical (unpaired) electrons. The van der Waals surface area contributed by atoms with Crippen molar-refractivity contribution in [2.24, 2.45) is 5.92 Å². The van der Waals surface area contributed by atoms with Gasteiger partial charge in [-0.15, -0.1) is 0 Å². The number of carbonyl (C=O) groups excluding carboxylic acids is 3. The number of likely N-dealkylation sites (N-methyl/N-ethyl adjacent to an activating group) is 1. The molecular weight excluding hydrogens is 294 g/mol. The van der Waals surface area contributed by atoms with E-state index in [9.17, 15) is 14.4 Å². The van der Waals surface area contributed by atoms with Gasteiger partial charge in [0, 0.05) is 13.6 Å². The van der Waals surface area contributed by atoms with Crippen LogP contribution < -0.4 is 5.32 Å². The van der Waals surface area contributed by atoms with Gasteiger partial charge >= 0.3 is 6.03 Å². The fourth-order valence-electron chi connectivity index (χ4n) is 3.51. The molecule has 6 heteroatoms. The van der Waals surface area contributed by atoms with Crippen molar-refractivity contribution in [1.82, 2.24) is 15.1 Å². The summed E-state index contributed by atoms with van der Waals surface area (Å²) in [6.45, 7) is 4.73. The number of nitrogens with one attached hydrogen (secondary N) is 1. The van der Waals surface area contributed by atoms with Crippen LogP contribution in [0.2, 0.25) is 0 Å². The molecule has 2 aliphatic rings. The molecule has 23 heavy (non-hydrogen) atoms. The number of nitrogens with zero attached hydrogens (tertiary/aromatic N) is 2. The monoisotopic (exact) mass is 323 g/mol. The number of rotatable bonds is 6. The first-order chi connectivity index (χ1) is 10.9. The lowest BCUT2D eigenvalue weighted by atomic mass is 9.75. The maximum atomic E-state index is 12.7. The van der Waals surface area contributed by atoms with E-state index in [1.807, 2.05) is 0 Å². The number of unbranched alkanes of at least 4 members (excludes halogenated alkanes) is 1. The minimum Gasteiger partial charge on any atom is -0.344 e. The Morgan fingerprint density at radius 3 is 2.52 bits per heavy atom. The molecule has 6 nitrogen and oxygen atoms in total. The summed E-state index contributed by atoms with van der Waals surface area (Å²) in [5, 5.41) is 2.87. The number of carbonyl (C=O) groups is 3. The third kappa shape index (κ3) is 3.67. The fraction of sp³-hybridized carbons (Fsp3) is 0.824. The number of hydrogen-bond acceptors (Lipinski definition) is 3. The summed E-state index contributed by atoms with van der Waals surface area (Å²) in [4.78, 5) is 39.9. The number of urea groups is 1. The zero-order valence-corrected chi connectivity index (χ0v) is 14.6. The highest BCUT2D eigenvalue weighted by Crippen LogP contribution is 2.37. The van der Waals surface area contributed by atoms with Crippen LogP contribution in [0.4, 0.5) is 4.79 Å². The fourth-order valence-corrected chi connectivity index (χ4v) is 3.51. The SMILES string of the molecule is CCCCN(C)C(=O)CN1C(=O)NC2(CCC(CC)CC2)C1=O. The molecule has 1 N–H and O–H groups in total. The predicted octanol–water partition coefficient (Wildman–Crippen LogP) is 2.14. The highest BCUT2D eigenvalue weighted by molar-refractivity contribution is 6.09. The summed E-state index contributed by atoms with van der Waals surface area (Å²) in [6.07, 6.45) is 6.33. The Balaban J connectivity index is 1.98. The van der Waals surface area contributed by atoms with E-state index in [2.05, 4.69) is 19.2 Å². The first-order valence-electron chi connectivity index (χ1n) is 8.81. The van der Waals surface area contributed by atoms with Crippen LogP contribution in [0, 0.1) is 5.92 Å². The van der Waals surface area contributed by atoms with E-state index in [1.54, 1.807) is 11.9 Å². The van der Waals surface area contributed by atoms with Crippen LogP contribution in [-0.2, 0) is 9.59 Å². The highest BCUT2D eigenvalue weighted by atomic mass is 16.2. The Kier molecular flexibility index (Phi) is 5.65. The lowest BCUT2D eigenvalue weighted by Gasteiger charge is -2.34. The van der Waals surface area contributed by atoms with Crippen molar-refractivity contribution in [3.8, 4) is 0 Å². The van der Waals surface area contributed by atoms with Crippen LogP contribution in [0.5, 0.6) is 0 Å². The third-order valence-electron chi connectivity index (χ3n) is 5.35. The van der Waals surface area contributed by atoms with E-state index < -0.39 is 11.6 Å². The molecule has 1 spiro atoms. The average Bonchev–Trinajstić information content (AvgIpc) is 2.77. The van der Waals surface area contributed by atoms with Gasteiger partial charge in [-0.1, -0.05) is 26.7 Å². The van der Waals surface area contributed by atoms with Gasteiger partial charge in [-0.3, -0.25) is 14.5 Å². The molecule has 1 saturated carbocycles. The molecule has 130 valence electrons. The Bertz CT molecular complexity index is 470. The number of amides is 4. The van der Waals surface area contributed by atoms with Crippen molar-refractivity contribution < 1.29 is 14.4 Å². The van der Waals surface area contributed by atoms with Crippen LogP contribution >= 0.6 is 0 Å². The summed E-state index contributed by atoms with van der Waals surface area (Å²) in [6, 6.07) is -0.415. The zero-order chi connectivity index (χ0) is 17.0. The summed E-state index contributed by atoms with van der Waals surface area (Å²) >= 11 is 0. The number of hydrogen-bond donors (Lipinski definition) is 1. The van der Waals surface area contributed by atoms with Crippen LogP contribution in [0.1, 0.15) is 58.8 Å². The second kappa shape index (κ2) is 7.32. The van der Waals surface area contributed by atoms with Gasteiger partial charge in [-0.25, -0.2) is 4.79 Å². The Hall–Kier alpha value is -1.59. The van der Waals surface area contributed by atoms with Gasteiger partial charge < -0.3 is 10.2 Å². The van der Waals surface area contributed by atoms with E-state index in [-0.39, 0.29) is 18.4 Å². The van der Waals surface area contributed by atoms with E-state index in [1.165, 1.54) is 0 Å². The van der Waals surface area contributed by atoms with Crippen molar-refractivity contribution in [2.45, 2.75) is 64.3 Å². The van der Waals surface area contributed by atoms with Gasteiger partial charge in [0.15, 0.2) is 0 Å². The van der Waals surface area contributed by atoms with Gasteiger partial charge in [-0.05, 0) is 38.0 Å². The molecule has 1 heterocycles. The lowest BCUT2D eigenvalue weighted by Crippen LogP contribution is -2.50. The first kappa shape index (κ1) is 17.8. The Morgan fingerprint density at radius 1 is 1.30 bits per heavy atom. The number of imide groups is 1. The van der Waals surface area contributed by atoms with Crippen molar-refractivity contribution >= 4 is 17.8 Å². The molecule has 1 saturated heterocycles. The maximum absolute atomic E-state index is 12.7. The van der Waals surface area contributed by atoms with E-state index in [4.69, 9.17) is 0 Å². The van der Waals surface area contributed by atoms with Gasteiger partial charge in [0.2, 0.25) is 5.91 Å². The van der Waals surface area contributed by atoms with Gasteiger partial charge in [0.1, 0.15) is 12.1 Å². The van der Waals surface area contributed by atoms with Gasteiger partial charge in [-0.2, -0.15) is 0 Å². The van der Waals surface area contributed by atoms with Crippen LogP contribution in [0.25, 0.3) is 0 Å². The quantitative estimate of drug-likeness (QED) is 0.761. The molecule has 2 rings (SSSR count). The summed E-state index contributed by atoms with van der Waals surface area (Å²) < 4.78 is 0. The van der Waals surface area contributed by atoms with Crippen LogP contribution in [0.3, 0.4) is 0 Å². The molecule has 0 aromatic carbocycles. The molecular formula is C17H29N3O3. The second-order valence-corrected chi connectivity index (χ2v) is 6.92. The van der Waals surface area contributed by atoms with E-state index in [0.29, 0.717) is 25.3 Å². The van der Waals surface area contributed by atoms with E-state index in [0.717, 1.165) is 37.0 Å². The minimum atomic E-state index is -0.759. The minimum absolute atomic E-state index is 0.149. The average molecular weight is 323 g/mol.